The van der Waals surface area contributed by atoms with Crippen LogP contribution < -0.4 is 15.8 Å². The first kappa shape index (κ1) is 22.3. The van der Waals surface area contributed by atoms with Gasteiger partial charge in [0.2, 0.25) is 0 Å². The van der Waals surface area contributed by atoms with Crippen LogP contribution in [-0.2, 0) is 11.2 Å². The highest BCUT2D eigenvalue weighted by atomic mass is 32.1. The van der Waals surface area contributed by atoms with Crippen LogP contribution in [0.5, 0.6) is 5.75 Å². The van der Waals surface area contributed by atoms with Gasteiger partial charge in [0, 0.05) is 11.3 Å². The zero-order valence-corrected chi connectivity index (χ0v) is 19.0. The Balaban J connectivity index is 1.41. The van der Waals surface area contributed by atoms with E-state index in [4.69, 9.17) is 10.5 Å². The lowest BCUT2D eigenvalue weighted by molar-refractivity contribution is -0.118. The average molecular weight is 457 g/mol. The van der Waals surface area contributed by atoms with Crippen molar-refractivity contribution >= 4 is 28.2 Å². The zero-order valence-electron chi connectivity index (χ0n) is 18.2. The minimum atomic E-state index is -0.559. The first-order valence-corrected chi connectivity index (χ1v) is 11.4. The lowest BCUT2D eigenvalue weighted by Gasteiger charge is -2.08. The van der Waals surface area contributed by atoms with Gasteiger partial charge in [0.25, 0.3) is 11.8 Å². The summed E-state index contributed by atoms with van der Waals surface area (Å²) in [7, 11) is 0. The lowest BCUT2D eigenvalue weighted by Crippen LogP contribution is -2.22. The Morgan fingerprint density at radius 3 is 2.12 bits per heavy atom. The maximum absolute atomic E-state index is 12.5. The van der Waals surface area contributed by atoms with E-state index < -0.39 is 5.91 Å². The molecule has 1 heterocycles. The molecule has 0 aliphatic heterocycles. The summed E-state index contributed by atoms with van der Waals surface area (Å²) in [6.07, 6.45) is 0.664. The van der Waals surface area contributed by atoms with Gasteiger partial charge in [-0.15, -0.1) is 11.3 Å². The third kappa shape index (κ3) is 5.48. The summed E-state index contributed by atoms with van der Waals surface area (Å²) < 4.78 is 5.64. The molecule has 2 amide bonds. The number of rotatable bonds is 8. The number of primary amides is 1. The van der Waals surface area contributed by atoms with Crippen molar-refractivity contribution < 1.29 is 14.3 Å². The molecule has 3 aromatic carbocycles. The Morgan fingerprint density at radius 1 is 0.879 bits per heavy atom. The monoisotopic (exact) mass is 456 g/mol. The Bertz CT molecular complexity index is 1250. The third-order valence-corrected chi connectivity index (χ3v) is 6.49. The fourth-order valence-electron chi connectivity index (χ4n) is 3.58. The zero-order chi connectivity index (χ0) is 23.2. The van der Waals surface area contributed by atoms with Crippen LogP contribution in [0.4, 0.5) is 5.00 Å². The first-order chi connectivity index (χ1) is 16.0. The van der Waals surface area contributed by atoms with E-state index >= 15 is 0 Å². The molecule has 0 atom stereocenters. The van der Waals surface area contributed by atoms with Crippen molar-refractivity contribution in [1.82, 2.24) is 0 Å². The Morgan fingerprint density at radius 2 is 1.48 bits per heavy atom. The van der Waals surface area contributed by atoms with Crippen LogP contribution >= 0.6 is 11.3 Å². The molecule has 4 aromatic rings. The summed E-state index contributed by atoms with van der Waals surface area (Å²) in [5.74, 6) is -0.319. The van der Waals surface area contributed by atoms with Gasteiger partial charge < -0.3 is 15.8 Å². The molecule has 0 aliphatic rings. The maximum atomic E-state index is 12.5. The molecule has 0 bridgehead atoms. The van der Waals surface area contributed by atoms with Crippen molar-refractivity contribution in [2.75, 3.05) is 11.9 Å². The number of hydrogen-bond acceptors (Lipinski definition) is 4. The maximum Gasteiger partial charge on any atom is 0.262 e. The van der Waals surface area contributed by atoms with Crippen molar-refractivity contribution in [3.05, 3.63) is 106 Å². The molecule has 0 saturated heterocycles. The lowest BCUT2D eigenvalue weighted by atomic mass is 10.1. The number of nitrogens with two attached hydrogens (primary N) is 1. The highest BCUT2D eigenvalue weighted by Gasteiger charge is 2.21. The number of carbonyl (C=O) groups excluding carboxylic acids is 2. The fraction of sp³-hybridized carbons (Fsp3) is 0.111. The molecule has 6 heteroatoms. The van der Waals surface area contributed by atoms with Gasteiger partial charge in [-0.3, -0.25) is 9.59 Å². The minimum Gasteiger partial charge on any atom is -0.484 e. The van der Waals surface area contributed by atoms with E-state index in [9.17, 15) is 9.59 Å². The fourth-order valence-corrected chi connectivity index (χ4v) is 4.84. The molecule has 0 saturated carbocycles. The number of carbonyl (C=O) groups is 2. The second kappa shape index (κ2) is 10.1. The molecular weight excluding hydrogens is 432 g/mol. The first-order valence-electron chi connectivity index (χ1n) is 10.6. The highest BCUT2D eigenvalue weighted by Crippen LogP contribution is 2.34. The van der Waals surface area contributed by atoms with E-state index in [2.05, 4.69) is 5.32 Å². The van der Waals surface area contributed by atoms with Crippen LogP contribution in [0.1, 0.15) is 26.4 Å². The van der Waals surface area contributed by atoms with Crippen molar-refractivity contribution in [1.29, 1.82) is 0 Å². The third-order valence-electron chi connectivity index (χ3n) is 5.28. The van der Waals surface area contributed by atoms with Crippen molar-refractivity contribution in [3.8, 4) is 16.9 Å². The Hall–Kier alpha value is -3.90. The topological polar surface area (TPSA) is 81.4 Å². The van der Waals surface area contributed by atoms with Crippen molar-refractivity contribution in [2.24, 2.45) is 5.73 Å². The second-order valence-electron chi connectivity index (χ2n) is 7.61. The summed E-state index contributed by atoms with van der Waals surface area (Å²) >= 11 is 1.37. The SMILES string of the molecule is Cc1c(Cc2ccccc2)sc(NC(=O)COc2ccc(-c3ccccc3)cc2)c1C(N)=O. The van der Waals surface area contributed by atoms with Gasteiger partial charge in [0.1, 0.15) is 10.8 Å². The molecule has 33 heavy (non-hydrogen) atoms. The molecule has 5 nitrogen and oxygen atoms in total. The summed E-state index contributed by atoms with van der Waals surface area (Å²) in [5, 5.41) is 3.26. The summed E-state index contributed by atoms with van der Waals surface area (Å²) in [6, 6.07) is 27.5. The van der Waals surface area contributed by atoms with Gasteiger partial charge in [0.15, 0.2) is 6.61 Å². The Labute approximate surface area is 196 Å². The van der Waals surface area contributed by atoms with Gasteiger partial charge in [-0.1, -0.05) is 72.8 Å². The molecular formula is C27H24N2O3S. The molecule has 0 spiro atoms. The molecule has 0 radical (unpaired) electrons. The van der Waals surface area contributed by atoms with Crippen LogP contribution in [0.2, 0.25) is 0 Å². The van der Waals surface area contributed by atoms with Gasteiger partial charge in [-0.2, -0.15) is 0 Å². The number of hydrogen-bond donors (Lipinski definition) is 2. The number of anilines is 1. The van der Waals surface area contributed by atoms with Crippen LogP contribution in [0.25, 0.3) is 11.1 Å². The molecule has 166 valence electrons. The van der Waals surface area contributed by atoms with E-state index in [0.717, 1.165) is 27.1 Å². The Kier molecular flexibility index (Phi) is 6.86. The highest BCUT2D eigenvalue weighted by molar-refractivity contribution is 7.17. The van der Waals surface area contributed by atoms with Crippen molar-refractivity contribution in [3.63, 3.8) is 0 Å². The number of nitrogens with one attached hydrogen (secondary N) is 1. The van der Waals surface area contributed by atoms with Crippen LogP contribution in [0.3, 0.4) is 0 Å². The number of thiophene rings is 1. The minimum absolute atomic E-state index is 0.173. The molecule has 0 unspecified atom stereocenters. The van der Waals surface area contributed by atoms with Gasteiger partial charge in [0.05, 0.1) is 5.56 Å². The van der Waals surface area contributed by atoms with E-state index in [-0.39, 0.29) is 12.5 Å². The normalized spacial score (nSPS) is 10.6. The largest absolute Gasteiger partial charge is 0.484 e. The van der Waals surface area contributed by atoms with Gasteiger partial charge in [-0.25, -0.2) is 0 Å². The summed E-state index contributed by atoms with van der Waals surface area (Å²) in [6.45, 7) is 1.68. The van der Waals surface area contributed by atoms with Crippen LogP contribution in [0.15, 0.2) is 84.9 Å². The predicted octanol–water partition coefficient (Wildman–Crippen LogP) is 5.43. The van der Waals surface area contributed by atoms with E-state index in [1.54, 1.807) is 0 Å². The number of benzene rings is 3. The van der Waals surface area contributed by atoms with Gasteiger partial charge in [-0.05, 0) is 41.3 Å². The quantitative estimate of drug-likeness (QED) is 0.371. The molecule has 3 N–H and O–H groups in total. The number of amides is 2. The van der Waals surface area contributed by atoms with E-state index in [1.165, 1.54) is 11.3 Å². The van der Waals surface area contributed by atoms with Gasteiger partial charge >= 0.3 is 0 Å². The summed E-state index contributed by atoms with van der Waals surface area (Å²) in [5.41, 5.74) is 10.1. The average Bonchev–Trinajstić information content (AvgIpc) is 3.13. The smallest absolute Gasteiger partial charge is 0.262 e. The van der Waals surface area contributed by atoms with Crippen molar-refractivity contribution in [2.45, 2.75) is 13.3 Å². The predicted molar refractivity (Wildman–Crippen MR) is 133 cm³/mol. The molecule has 0 fully saturated rings. The van der Waals surface area contributed by atoms with E-state index in [0.29, 0.717) is 22.7 Å². The number of ether oxygens (including phenoxy) is 1. The standard InChI is InChI=1S/C27H24N2O3S/c1-18-23(16-19-8-4-2-5-9-19)33-27(25(18)26(28)31)29-24(30)17-32-22-14-12-21(13-15-22)20-10-6-3-7-11-20/h2-15H,16-17H2,1H3,(H2,28,31)(H,29,30). The second-order valence-corrected chi connectivity index (χ2v) is 8.71. The summed E-state index contributed by atoms with van der Waals surface area (Å²) in [4.78, 5) is 25.6. The van der Waals surface area contributed by atoms with Crippen LogP contribution in [-0.4, -0.2) is 18.4 Å². The van der Waals surface area contributed by atoms with Crippen LogP contribution in [0, 0.1) is 6.92 Å². The molecule has 0 aliphatic carbocycles. The molecule has 4 rings (SSSR count). The van der Waals surface area contributed by atoms with E-state index in [1.807, 2.05) is 91.9 Å². The molecule has 1 aromatic heterocycles.